The fourth-order valence-electron chi connectivity index (χ4n) is 3.22. The van der Waals surface area contributed by atoms with E-state index < -0.39 is 0 Å². The quantitative estimate of drug-likeness (QED) is 0.632. The number of hydrogen-bond acceptors (Lipinski definition) is 4. The summed E-state index contributed by atoms with van der Waals surface area (Å²) in [4.78, 5) is 12.5. The summed E-state index contributed by atoms with van der Waals surface area (Å²) in [5.74, 6) is 1.23. The standard InChI is InChI=1S/C20H26N2O3/c1-4-25-18-11-7-9-15(19(18)24-3)12-16(13-21)20(23)22-17-10-6-5-8-14(17)2/h7,9,11-12,14,17H,4-6,8,10H2,1-3H3,(H,22,23)/b16-12+/t14-,17-/m0/s1. The molecule has 1 saturated carbocycles. The zero-order chi connectivity index (χ0) is 18.2. The lowest BCUT2D eigenvalue weighted by molar-refractivity contribution is -0.118. The second-order valence-electron chi connectivity index (χ2n) is 6.32. The fourth-order valence-corrected chi connectivity index (χ4v) is 3.22. The first-order valence-corrected chi connectivity index (χ1v) is 8.83. The number of nitriles is 1. The SMILES string of the molecule is CCOc1cccc(/C=C(\C#N)C(=O)N[C@H]2CCCC[C@@H]2C)c1OC. The largest absolute Gasteiger partial charge is 0.492 e. The minimum Gasteiger partial charge on any atom is -0.492 e. The summed E-state index contributed by atoms with van der Waals surface area (Å²) in [5, 5.41) is 12.5. The summed E-state index contributed by atoms with van der Waals surface area (Å²) in [6.07, 6.45) is 5.96. The van der Waals surface area contributed by atoms with Crippen molar-refractivity contribution in [3.63, 3.8) is 0 Å². The van der Waals surface area contributed by atoms with Crippen molar-refractivity contribution in [3.05, 3.63) is 29.3 Å². The van der Waals surface area contributed by atoms with E-state index in [2.05, 4.69) is 12.2 Å². The zero-order valence-electron chi connectivity index (χ0n) is 15.2. The van der Waals surface area contributed by atoms with Crippen molar-refractivity contribution in [3.8, 4) is 17.6 Å². The van der Waals surface area contributed by atoms with Crippen LogP contribution in [0.4, 0.5) is 0 Å². The molecule has 0 spiro atoms. The summed E-state index contributed by atoms with van der Waals surface area (Å²) in [6, 6.07) is 7.56. The van der Waals surface area contributed by atoms with Crippen LogP contribution in [0.1, 0.15) is 45.1 Å². The van der Waals surface area contributed by atoms with E-state index in [1.54, 1.807) is 25.3 Å². The molecule has 1 aliphatic carbocycles. The maximum absolute atomic E-state index is 12.5. The summed E-state index contributed by atoms with van der Waals surface area (Å²) in [7, 11) is 1.55. The minimum absolute atomic E-state index is 0.0738. The van der Waals surface area contributed by atoms with Gasteiger partial charge in [0.05, 0.1) is 13.7 Å². The Labute approximate surface area is 149 Å². The van der Waals surface area contributed by atoms with E-state index in [0.717, 1.165) is 19.3 Å². The van der Waals surface area contributed by atoms with Gasteiger partial charge in [-0.2, -0.15) is 5.26 Å². The molecule has 134 valence electrons. The number of para-hydroxylation sites is 1. The summed E-state index contributed by atoms with van der Waals surface area (Å²) >= 11 is 0. The van der Waals surface area contributed by atoms with Gasteiger partial charge in [-0.05, 0) is 37.8 Å². The molecule has 2 atom stereocenters. The van der Waals surface area contributed by atoms with Gasteiger partial charge in [0.2, 0.25) is 0 Å². The van der Waals surface area contributed by atoms with Crippen LogP contribution in [0.3, 0.4) is 0 Å². The van der Waals surface area contributed by atoms with Crippen LogP contribution in [0.5, 0.6) is 11.5 Å². The number of carbonyl (C=O) groups excluding carboxylic acids is 1. The van der Waals surface area contributed by atoms with E-state index >= 15 is 0 Å². The highest BCUT2D eigenvalue weighted by Gasteiger charge is 2.24. The van der Waals surface area contributed by atoms with E-state index in [0.29, 0.717) is 29.6 Å². The normalized spacial score (nSPS) is 20.5. The van der Waals surface area contributed by atoms with Crippen molar-refractivity contribution in [1.29, 1.82) is 5.26 Å². The van der Waals surface area contributed by atoms with E-state index in [4.69, 9.17) is 9.47 Å². The molecular weight excluding hydrogens is 316 g/mol. The highest BCUT2D eigenvalue weighted by atomic mass is 16.5. The molecule has 25 heavy (non-hydrogen) atoms. The van der Waals surface area contributed by atoms with Crippen LogP contribution in [-0.4, -0.2) is 25.7 Å². The van der Waals surface area contributed by atoms with Crippen molar-refractivity contribution in [1.82, 2.24) is 5.32 Å². The Hall–Kier alpha value is -2.48. The number of ether oxygens (including phenoxy) is 2. The van der Waals surface area contributed by atoms with Crippen LogP contribution in [0.25, 0.3) is 6.08 Å². The molecule has 0 unspecified atom stereocenters. The molecular formula is C20H26N2O3. The lowest BCUT2D eigenvalue weighted by Crippen LogP contribution is -2.41. The molecule has 0 aliphatic heterocycles. The molecule has 0 saturated heterocycles. The third-order valence-electron chi connectivity index (χ3n) is 4.61. The highest BCUT2D eigenvalue weighted by molar-refractivity contribution is 6.02. The molecule has 0 aromatic heterocycles. The third kappa shape index (κ3) is 4.76. The third-order valence-corrected chi connectivity index (χ3v) is 4.61. The van der Waals surface area contributed by atoms with Gasteiger partial charge in [-0.3, -0.25) is 4.79 Å². The summed E-state index contributed by atoms with van der Waals surface area (Å²) in [6.45, 7) is 4.55. The van der Waals surface area contributed by atoms with Gasteiger partial charge in [-0.25, -0.2) is 0 Å². The zero-order valence-corrected chi connectivity index (χ0v) is 15.2. The molecule has 0 heterocycles. The molecule has 5 nitrogen and oxygen atoms in total. The smallest absolute Gasteiger partial charge is 0.262 e. The van der Waals surface area contributed by atoms with Gasteiger partial charge >= 0.3 is 0 Å². The first-order valence-electron chi connectivity index (χ1n) is 8.83. The Kier molecular flexibility index (Phi) is 6.88. The van der Waals surface area contributed by atoms with Crippen LogP contribution in [0, 0.1) is 17.2 Å². The van der Waals surface area contributed by atoms with Crippen LogP contribution in [0.2, 0.25) is 0 Å². The van der Waals surface area contributed by atoms with Gasteiger partial charge in [0.25, 0.3) is 5.91 Å². The first kappa shape index (κ1) is 18.9. The van der Waals surface area contributed by atoms with Gasteiger partial charge in [0.15, 0.2) is 11.5 Å². The second-order valence-corrected chi connectivity index (χ2v) is 6.32. The monoisotopic (exact) mass is 342 g/mol. The number of methoxy groups -OCH3 is 1. The molecule has 0 radical (unpaired) electrons. The molecule has 0 bridgehead atoms. The Balaban J connectivity index is 2.23. The van der Waals surface area contributed by atoms with Crippen LogP contribution >= 0.6 is 0 Å². The molecule has 1 fully saturated rings. The number of benzene rings is 1. The van der Waals surface area contributed by atoms with Crippen LogP contribution in [-0.2, 0) is 4.79 Å². The second kappa shape index (κ2) is 9.12. The van der Waals surface area contributed by atoms with Crippen molar-refractivity contribution >= 4 is 12.0 Å². The lowest BCUT2D eigenvalue weighted by Gasteiger charge is -2.29. The summed E-state index contributed by atoms with van der Waals surface area (Å²) in [5.41, 5.74) is 0.724. The summed E-state index contributed by atoms with van der Waals surface area (Å²) < 4.78 is 11.0. The van der Waals surface area contributed by atoms with Gasteiger partial charge in [0.1, 0.15) is 11.6 Å². The number of rotatable bonds is 6. The molecule has 1 N–H and O–H groups in total. The van der Waals surface area contributed by atoms with Crippen molar-refractivity contribution in [2.45, 2.75) is 45.6 Å². The van der Waals surface area contributed by atoms with Crippen molar-refractivity contribution < 1.29 is 14.3 Å². The van der Waals surface area contributed by atoms with Gasteiger partial charge in [-0.15, -0.1) is 0 Å². The predicted molar refractivity (Wildman–Crippen MR) is 97.3 cm³/mol. The van der Waals surface area contributed by atoms with Gasteiger partial charge in [-0.1, -0.05) is 31.9 Å². The Morgan fingerprint density at radius 2 is 2.16 bits per heavy atom. The van der Waals surface area contributed by atoms with E-state index in [-0.39, 0.29) is 17.5 Å². The average Bonchev–Trinajstić information content (AvgIpc) is 2.62. The number of nitrogens with one attached hydrogen (secondary N) is 1. The van der Waals surface area contributed by atoms with E-state index in [9.17, 15) is 10.1 Å². The maximum atomic E-state index is 12.5. The Morgan fingerprint density at radius 1 is 1.40 bits per heavy atom. The highest BCUT2D eigenvalue weighted by Crippen LogP contribution is 2.32. The topological polar surface area (TPSA) is 71.3 Å². The number of nitrogens with zero attached hydrogens (tertiary/aromatic N) is 1. The van der Waals surface area contributed by atoms with Gasteiger partial charge in [0, 0.05) is 11.6 Å². The molecule has 1 aromatic carbocycles. The number of hydrogen-bond donors (Lipinski definition) is 1. The Bertz CT molecular complexity index is 676. The lowest BCUT2D eigenvalue weighted by atomic mass is 9.86. The molecule has 2 rings (SSSR count). The number of carbonyl (C=O) groups is 1. The molecule has 1 amide bonds. The average molecular weight is 342 g/mol. The van der Waals surface area contributed by atoms with E-state index in [1.807, 2.05) is 19.1 Å². The first-order chi connectivity index (χ1) is 12.1. The number of amides is 1. The molecule has 1 aliphatic rings. The van der Waals surface area contributed by atoms with Gasteiger partial charge < -0.3 is 14.8 Å². The van der Waals surface area contributed by atoms with Crippen molar-refractivity contribution in [2.24, 2.45) is 5.92 Å². The van der Waals surface area contributed by atoms with Crippen molar-refractivity contribution in [2.75, 3.05) is 13.7 Å². The Morgan fingerprint density at radius 3 is 2.80 bits per heavy atom. The molecule has 1 aromatic rings. The maximum Gasteiger partial charge on any atom is 0.262 e. The minimum atomic E-state index is -0.329. The fraction of sp³-hybridized carbons (Fsp3) is 0.500. The predicted octanol–water partition coefficient (Wildman–Crippen LogP) is 3.70. The van der Waals surface area contributed by atoms with Crippen LogP contribution < -0.4 is 14.8 Å². The van der Waals surface area contributed by atoms with Crippen LogP contribution in [0.15, 0.2) is 23.8 Å². The molecule has 5 heteroatoms. The van der Waals surface area contributed by atoms with E-state index in [1.165, 1.54) is 6.42 Å².